The highest BCUT2D eigenvalue weighted by molar-refractivity contribution is 5.74. The summed E-state index contributed by atoms with van der Waals surface area (Å²) < 4.78 is 18.1. The van der Waals surface area contributed by atoms with E-state index in [0.717, 1.165) is 24.2 Å². The van der Waals surface area contributed by atoms with Crippen LogP contribution in [0.2, 0.25) is 0 Å². The summed E-state index contributed by atoms with van der Waals surface area (Å²) in [5.74, 6) is 0.642. The van der Waals surface area contributed by atoms with Gasteiger partial charge in [-0.2, -0.15) is 0 Å². The van der Waals surface area contributed by atoms with Crippen LogP contribution in [0.5, 0.6) is 0 Å². The van der Waals surface area contributed by atoms with Gasteiger partial charge >= 0.3 is 6.03 Å². The zero-order chi connectivity index (χ0) is 15.9. The van der Waals surface area contributed by atoms with Crippen molar-refractivity contribution in [2.75, 3.05) is 7.05 Å². The molecule has 1 aromatic heterocycles. The van der Waals surface area contributed by atoms with E-state index in [1.807, 2.05) is 19.1 Å². The molecule has 5 heteroatoms. The number of hydrogen-bond donors (Lipinski definition) is 1. The maximum Gasteiger partial charge on any atom is 0.317 e. The second kappa shape index (κ2) is 7.64. The van der Waals surface area contributed by atoms with Crippen LogP contribution < -0.4 is 5.32 Å². The number of aryl methyl sites for hydroxylation is 1. The van der Waals surface area contributed by atoms with Gasteiger partial charge in [-0.05, 0) is 43.2 Å². The number of furan rings is 1. The van der Waals surface area contributed by atoms with Gasteiger partial charge in [-0.1, -0.05) is 12.1 Å². The number of benzene rings is 1. The molecule has 1 N–H and O–H groups in total. The molecular weight excluding hydrogens is 283 g/mol. The molecule has 0 aliphatic carbocycles. The molecule has 0 fully saturated rings. The SMILES string of the molecule is C[C@@H](CCc1ccco1)NC(=O)N(C)Cc1ccc(F)cc1. The van der Waals surface area contributed by atoms with Crippen LogP contribution in [0.3, 0.4) is 0 Å². The molecule has 1 heterocycles. The van der Waals surface area contributed by atoms with E-state index < -0.39 is 0 Å². The van der Waals surface area contributed by atoms with Crippen LogP contribution in [-0.2, 0) is 13.0 Å². The number of halogens is 1. The molecule has 2 rings (SSSR count). The molecule has 0 aliphatic rings. The fourth-order valence-electron chi connectivity index (χ4n) is 2.14. The Labute approximate surface area is 129 Å². The van der Waals surface area contributed by atoms with E-state index in [4.69, 9.17) is 4.42 Å². The first-order valence-electron chi connectivity index (χ1n) is 7.33. The number of nitrogens with one attached hydrogen (secondary N) is 1. The fourth-order valence-corrected chi connectivity index (χ4v) is 2.14. The molecule has 0 radical (unpaired) electrons. The van der Waals surface area contributed by atoms with E-state index in [2.05, 4.69) is 5.32 Å². The van der Waals surface area contributed by atoms with Crippen molar-refractivity contribution in [3.05, 3.63) is 59.8 Å². The first-order valence-corrected chi connectivity index (χ1v) is 7.33. The second-order valence-corrected chi connectivity index (χ2v) is 5.45. The lowest BCUT2D eigenvalue weighted by Gasteiger charge is -2.21. The zero-order valence-corrected chi connectivity index (χ0v) is 12.9. The van der Waals surface area contributed by atoms with Crippen molar-refractivity contribution in [2.24, 2.45) is 0 Å². The highest BCUT2D eigenvalue weighted by Crippen LogP contribution is 2.08. The minimum atomic E-state index is -0.276. The number of hydrogen-bond acceptors (Lipinski definition) is 2. The molecule has 0 bridgehead atoms. The number of urea groups is 1. The van der Waals surface area contributed by atoms with Gasteiger partial charge in [0.2, 0.25) is 0 Å². The predicted octanol–water partition coefficient (Wildman–Crippen LogP) is 3.58. The Balaban J connectivity index is 1.76. The fraction of sp³-hybridized carbons (Fsp3) is 0.353. The Morgan fingerprint density at radius 2 is 2.05 bits per heavy atom. The molecule has 0 aliphatic heterocycles. The number of carbonyl (C=O) groups is 1. The predicted molar refractivity (Wildman–Crippen MR) is 82.9 cm³/mol. The molecule has 118 valence electrons. The highest BCUT2D eigenvalue weighted by atomic mass is 19.1. The molecule has 0 unspecified atom stereocenters. The van der Waals surface area contributed by atoms with Crippen molar-refractivity contribution in [3.63, 3.8) is 0 Å². The molecule has 4 nitrogen and oxygen atoms in total. The maximum atomic E-state index is 12.9. The summed E-state index contributed by atoms with van der Waals surface area (Å²) in [5, 5.41) is 2.94. The molecule has 22 heavy (non-hydrogen) atoms. The van der Waals surface area contributed by atoms with Crippen LogP contribution in [-0.4, -0.2) is 24.0 Å². The molecule has 2 aromatic rings. The van der Waals surface area contributed by atoms with Crippen molar-refractivity contribution < 1.29 is 13.6 Å². The molecule has 0 saturated heterocycles. The van der Waals surface area contributed by atoms with Crippen molar-refractivity contribution >= 4 is 6.03 Å². The molecule has 2 amide bonds. The highest BCUT2D eigenvalue weighted by Gasteiger charge is 2.12. The van der Waals surface area contributed by atoms with Crippen molar-refractivity contribution in [1.82, 2.24) is 10.2 Å². The van der Waals surface area contributed by atoms with E-state index in [9.17, 15) is 9.18 Å². The normalized spacial score (nSPS) is 12.0. The first kappa shape index (κ1) is 16.1. The number of rotatable bonds is 6. The zero-order valence-electron chi connectivity index (χ0n) is 12.9. The molecular formula is C17H21FN2O2. The summed E-state index contributed by atoms with van der Waals surface area (Å²) in [5.41, 5.74) is 0.891. The van der Waals surface area contributed by atoms with Crippen LogP contribution in [0.4, 0.5) is 9.18 Å². The lowest BCUT2D eigenvalue weighted by Crippen LogP contribution is -2.41. The van der Waals surface area contributed by atoms with E-state index in [1.54, 1.807) is 30.3 Å². The van der Waals surface area contributed by atoms with Gasteiger partial charge in [-0.25, -0.2) is 9.18 Å². The summed E-state index contributed by atoms with van der Waals surface area (Å²) in [7, 11) is 1.72. The Bertz CT molecular complexity index is 581. The van der Waals surface area contributed by atoms with Gasteiger partial charge in [-0.3, -0.25) is 0 Å². The Hall–Kier alpha value is -2.30. The third-order valence-electron chi connectivity index (χ3n) is 3.45. The van der Waals surface area contributed by atoms with Crippen molar-refractivity contribution in [3.8, 4) is 0 Å². The van der Waals surface area contributed by atoms with Crippen LogP contribution in [0.15, 0.2) is 47.1 Å². The largest absolute Gasteiger partial charge is 0.469 e. The van der Waals surface area contributed by atoms with Gasteiger partial charge in [0.05, 0.1) is 6.26 Å². The summed E-state index contributed by atoms with van der Waals surface area (Å²) in [6.07, 6.45) is 3.24. The third-order valence-corrected chi connectivity index (χ3v) is 3.45. The second-order valence-electron chi connectivity index (χ2n) is 5.45. The Kier molecular flexibility index (Phi) is 5.58. The topological polar surface area (TPSA) is 45.5 Å². The summed E-state index contributed by atoms with van der Waals surface area (Å²) in [6.45, 7) is 2.41. The van der Waals surface area contributed by atoms with Gasteiger partial charge < -0.3 is 14.6 Å². The monoisotopic (exact) mass is 304 g/mol. The van der Waals surface area contributed by atoms with E-state index in [1.165, 1.54) is 12.1 Å². The number of amides is 2. The Morgan fingerprint density at radius 1 is 1.32 bits per heavy atom. The maximum absolute atomic E-state index is 12.9. The lowest BCUT2D eigenvalue weighted by atomic mass is 10.1. The number of carbonyl (C=O) groups excluding carboxylic acids is 1. The van der Waals surface area contributed by atoms with E-state index >= 15 is 0 Å². The summed E-state index contributed by atoms with van der Waals surface area (Å²) in [4.78, 5) is 13.7. The van der Waals surface area contributed by atoms with Crippen LogP contribution in [0, 0.1) is 5.82 Å². The van der Waals surface area contributed by atoms with Gasteiger partial charge in [0, 0.05) is 26.1 Å². The average Bonchev–Trinajstić information content (AvgIpc) is 3.01. The number of nitrogens with zero attached hydrogens (tertiary/aromatic N) is 1. The van der Waals surface area contributed by atoms with Gasteiger partial charge in [-0.15, -0.1) is 0 Å². The lowest BCUT2D eigenvalue weighted by molar-refractivity contribution is 0.202. The minimum absolute atomic E-state index is 0.0493. The van der Waals surface area contributed by atoms with Crippen LogP contribution in [0.25, 0.3) is 0 Å². The average molecular weight is 304 g/mol. The van der Waals surface area contributed by atoms with Gasteiger partial charge in [0.1, 0.15) is 11.6 Å². The van der Waals surface area contributed by atoms with E-state index in [0.29, 0.717) is 6.54 Å². The molecule has 1 atom stereocenters. The third kappa shape index (κ3) is 4.91. The first-order chi connectivity index (χ1) is 10.5. The van der Waals surface area contributed by atoms with E-state index in [-0.39, 0.29) is 17.9 Å². The molecule has 0 saturated carbocycles. The Morgan fingerprint density at radius 3 is 2.68 bits per heavy atom. The van der Waals surface area contributed by atoms with Crippen LogP contribution >= 0.6 is 0 Å². The van der Waals surface area contributed by atoms with Crippen molar-refractivity contribution in [1.29, 1.82) is 0 Å². The summed E-state index contributed by atoms with van der Waals surface area (Å²) in [6, 6.07) is 9.84. The standard InChI is InChI=1S/C17H21FN2O2/c1-13(5-10-16-4-3-11-22-16)19-17(21)20(2)12-14-6-8-15(18)9-7-14/h3-4,6-9,11,13H,5,10,12H2,1-2H3,(H,19,21)/t13-/m0/s1. The smallest absolute Gasteiger partial charge is 0.317 e. The van der Waals surface area contributed by atoms with Crippen molar-refractivity contribution in [2.45, 2.75) is 32.4 Å². The van der Waals surface area contributed by atoms with Gasteiger partial charge in [0.15, 0.2) is 0 Å². The minimum Gasteiger partial charge on any atom is -0.469 e. The van der Waals surface area contributed by atoms with Crippen LogP contribution in [0.1, 0.15) is 24.7 Å². The summed E-state index contributed by atoms with van der Waals surface area (Å²) >= 11 is 0. The molecule has 0 spiro atoms. The quantitative estimate of drug-likeness (QED) is 0.886. The molecule has 1 aromatic carbocycles. The van der Waals surface area contributed by atoms with Gasteiger partial charge in [0.25, 0.3) is 0 Å².